The van der Waals surface area contributed by atoms with Crippen LogP contribution in [0, 0.1) is 0 Å². The number of pyridine rings is 1. The van der Waals surface area contributed by atoms with Gasteiger partial charge in [-0.2, -0.15) is 9.61 Å². The molecule has 11 heteroatoms. The number of piperazine rings is 1. The Morgan fingerprint density at radius 2 is 2.19 bits per heavy atom. The Labute approximate surface area is 160 Å². The van der Waals surface area contributed by atoms with Crippen molar-refractivity contribution in [3.05, 3.63) is 34.9 Å². The average molecular weight is 388 g/mol. The van der Waals surface area contributed by atoms with Gasteiger partial charge in [-0.15, -0.1) is 0 Å². The minimum Gasteiger partial charge on any atom is -0.354 e. The van der Waals surface area contributed by atoms with Gasteiger partial charge in [-0.1, -0.05) is 11.3 Å². The Bertz CT molecular complexity index is 1120. The number of fused-ring (bicyclic) bond motifs is 1. The van der Waals surface area contributed by atoms with E-state index >= 15 is 0 Å². The summed E-state index contributed by atoms with van der Waals surface area (Å²) in [6.07, 6.45) is 2.90. The highest BCUT2D eigenvalue weighted by molar-refractivity contribution is 7.19. The first kappa shape index (κ1) is 15.2. The van der Waals surface area contributed by atoms with Crippen molar-refractivity contribution in [2.45, 2.75) is 0 Å². The van der Waals surface area contributed by atoms with Gasteiger partial charge in [0.25, 0.3) is 5.56 Å². The van der Waals surface area contributed by atoms with Crippen molar-refractivity contribution < 1.29 is 7.54 Å². The predicted molar refractivity (Wildman–Crippen MR) is 103 cm³/mol. The number of nitrogens with two attached hydrogens (primary N) is 1. The molecule has 1 saturated heterocycles. The standard InChI is InChI=1S/C16H18N8O2S/c17-7-13(25)20-11-5-10(8-19-9-11)15-22-24-14(26)6-12(21-16(24)27-15)23-3-1-18-2-4-23/h5-6,8-9,18H,1-4,7,17H2,(H,20,25)/i7D2. The lowest BCUT2D eigenvalue weighted by molar-refractivity contribution is -0.114. The smallest absolute Gasteiger partial charge is 0.277 e. The molecule has 0 radical (unpaired) electrons. The average Bonchev–Trinajstić information content (AvgIpc) is 3.13. The van der Waals surface area contributed by atoms with Crippen LogP contribution >= 0.6 is 11.3 Å². The first-order valence-electron chi connectivity index (χ1n) is 9.23. The number of nitrogens with one attached hydrogen (secondary N) is 2. The molecule has 1 aliphatic rings. The summed E-state index contributed by atoms with van der Waals surface area (Å²) in [4.78, 5) is 35.4. The van der Waals surface area contributed by atoms with Crippen LogP contribution in [0.15, 0.2) is 29.3 Å². The predicted octanol–water partition coefficient (Wildman–Crippen LogP) is -0.480. The van der Waals surface area contributed by atoms with Gasteiger partial charge in [0.15, 0.2) is 0 Å². The summed E-state index contributed by atoms with van der Waals surface area (Å²) in [6, 6.07) is 3.05. The van der Waals surface area contributed by atoms with Gasteiger partial charge in [-0.3, -0.25) is 14.6 Å². The third-order valence-electron chi connectivity index (χ3n) is 4.05. The third kappa shape index (κ3) is 3.65. The van der Waals surface area contributed by atoms with Crippen molar-refractivity contribution >= 4 is 33.7 Å². The number of hydrogen-bond donors (Lipinski definition) is 3. The highest BCUT2D eigenvalue weighted by atomic mass is 32.1. The van der Waals surface area contributed by atoms with Gasteiger partial charge < -0.3 is 21.3 Å². The largest absolute Gasteiger partial charge is 0.354 e. The van der Waals surface area contributed by atoms with E-state index in [0.717, 1.165) is 26.2 Å². The van der Waals surface area contributed by atoms with Crippen molar-refractivity contribution in [1.82, 2.24) is 24.9 Å². The van der Waals surface area contributed by atoms with Crippen LogP contribution < -0.4 is 26.8 Å². The zero-order chi connectivity index (χ0) is 20.6. The maximum Gasteiger partial charge on any atom is 0.277 e. The number of anilines is 2. The van der Waals surface area contributed by atoms with Gasteiger partial charge in [0.05, 0.1) is 21.1 Å². The fraction of sp³-hybridized carbons (Fsp3) is 0.312. The first-order valence-corrected chi connectivity index (χ1v) is 9.05. The van der Waals surface area contributed by atoms with E-state index in [2.05, 4.69) is 30.6 Å². The van der Waals surface area contributed by atoms with Crippen LogP contribution in [0.3, 0.4) is 0 Å². The van der Waals surface area contributed by atoms with E-state index in [0.29, 0.717) is 21.3 Å². The maximum atomic E-state index is 12.5. The molecule has 3 aromatic heterocycles. The summed E-state index contributed by atoms with van der Waals surface area (Å²) in [5.74, 6) is -0.365. The van der Waals surface area contributed by atoms with Gasteiger partial charge in [-0.05, 0) is 6.07 Å². The minimum absolute atomic E-state index is 0.267. The zero-order valence-electron chi connectivity index (χ0n) is 16.2. The van der Waals surface area contributed by atoms with Crippen LogP contribution in [0.5, 0.6) is 0 Å². The lowest BCUT2D eigenvalue weighted by atomic mass is 10.3. The molecule has 0 saturated carbocycles. The van der Waals surface area contributed by atoms with Gasteiger partial charge >= 0.3 is 0 Å². The van der Waals surface area contributed by atoms with Crippen LogP contribution in [-0.4, -0.2) is 58.2 Å². The highest BCUT2D eigenvalue weighted by Crippen LogP contribution is 2.26. The van der Waals surface area contributed by atoms with E-state index in [1.807, 2.05) is 0 Å². The van der Waals surface area contributed by atoms with E-state index in [-0.39, 0.29) is 11.2 Å². The molecular formula is C16H18N8O2S. The molecule has 4 rings (SSSR count). The monoisotopic (exact) mass is 388 g/mol. The normalized spacial score (nSPS) is 16.1. The van der Waals surface area contributed by atoms with E-state index in [1.165, 1.54) is 34.3 Å². The first-order chi connectivity index (χ1) is 13.8. The van der Waals surface area contributed by atoms with E-state index in [4.69, 9.17) is 8.48 Å². The number of hydrogen-bond acceptors (Lipinski definition) is 9. The van der Waals surface area contributed by atoms with Gasteiger partial charge in [0, 0.05) is 44.0 Å². The van der Waals surface area contributed by atoms with Crippen molar-refractivity contribution in [3.63, 3.8) is 0 Å². The van der Waals surface area contributed by atoms with Crippen LogP contribution in [0.4, 0.5) is 11.5 Å². The van der Waals surface area contributed by atoms with Gasteiger partial charge in [-0.25, -0.2) is 4.98 Å². The number of aromatic nitrogens is 4. The Kier molecular flexibility index (Phi) is 4.16. The number of carbonyl (C=O) groups is 1. The summed E-state index contributed by atoms with van der Waals surface area (Å²) in [7, 11) is 0. The second-order valence-electron chi connectivity index (χ2n) is 5.85. The van der Waals surface area contributed by atoms with Crippen molar-refractivity contribution in [1.29, 1.82) is 0 Å². The lowest BCUT2D eigenvalue weighted by Crippen LogP contribution is -2.44. The molecule has 1 amide bonds. The summed E-state index contributed by atoms with van der Waals surface area (Å²) >= 11 is 1.22. The Morgan fingerprint density at radius 3 is 2.96 bits per heavy atom. The van der Waals surface area contributed by atoms with Gasteiger partial charge in [0.2, 0.25) is 10.9 Å². The molecule has 1 aliphatic heterocycles. The third-order valence-corrected chi connectivity index (χ3v) is 5.00. The van der Waals surface area contributed by atoms with Crippen molar-refractivity contribution in [2.24, 2.45) is 5.73 Å². The second-order valence-corrected chi connectivity index (χ2v) is 6.81. The van der Waals surface area contributed by atoms with Crippen molar-refractivity contribution in [3.8, 4) is 10.6 Å². The summed E-state index contributed by atoms with van der Waals surface area (Å²) in [6.45, 7) is 0.701. The molecule has 140 valence electrons. The quantitative estimate of drug-likeness (QED) is 0.546. The Balaban J connectivity index is 1.66. The molecule has 3 aromatic rings. The van der Waals surface area contributed by atoms with Crippen LogP contribution in [0.1, 0.15) is 2.74 Å². The Morgan fingerprint density at radius 1 is 1.37 bits per heavy atom. The maximum absolute atomic E-state index is 12.5. The molecule has 0 aromatic carbocycles. The van der Waals surface area contributed by atoms with Crippen molar-refractivity contribution in [2.75, 3.05) is 42.9 Å². The highest BCUT2D eigenvalue weighted by Gasteiger charge is 2.16. The van der Waals surface area contributed by atoms with E-state index in [1.54, 1.807) is 6.07 Å². The molecule has 0 bridgehead atoms. The molecule has 0 spiro atoms. The molecular weight excluding hydrogens is 368 g/mol. The van der Waals surface area contributed by atoms with E-state index in [9.17, 15) is 9.59 Å². The number of nitrogens with zero attached hydrogens (tertiary/aromatic N) is 5. The zero-order valence-corrected chi connectivity index (χ0v) is 15.0. The molecule has 4 heterocycles. The molecule has 0 unspecified atom stereocenters. The molecule has 0 aliphatic carbocycles. The second kappa shape index (κ2) is 7.39. The fourth-order valence-corrected chi connectivity index (χ4v) is 3.65. The molecule has 1 fully saturated rings. The molecule has 0 atom stereocenters. The van der Waals surface area contributed by atoms with Crippen LogP contribution in [0.25, 0.3) is 15.5 Å². The SMILES string of the molecule is [2H]C([2H])(N)C(=O)Nc1cncc(-c2nn3c(=O)cc(N4CCNCC4)nc3s2)c1. The lowest BCUT2D eigenvalue weighted by Gasteiger charge is -2.27. The summed E-state index contributed by atoms with van der Waals surface area (Å²) in [5.41, 5.74) is 5.70. The molecule has 4 N–H and O–H groups in total. The van der Waals surface area contributed by atoms with Crippen LogP contribution in [0.2, 0.25) is 0 Å². The van der Waals surface area contributed by atoms with E-state index < -0.39 is 12.4 Å². The fourth-order valence-electron chi connectivity index (χ4n) is 2.76. The Hall–Kier alpha value is -2.89. The number of amides is 1. The minimum atomic E-state index is -2.51. The number of rotatable bonds is 4. The van der Waals surface area contributed by atoms with Gasteiger partial charge in [0.1, 0.15) is 10.8 Å². The summed E-state index contributed by atoms with van der Waals surface area (Å²) in [5, 5.41) is 10.4. The topological polar surface area (TPSA) is 131 Å². The van der Waals surface area contributed by atoms with Crippen LogP contribution in [-0.2, 0) is 4.79 Å². The molecule has 10 nitrogen and oxygen atoms in total. The summed E-state index contributed by atoms with van der Waals surface area (Å²) < 4.78 is 15.7. The number of carbonyl (C=O) groups excluding carboxylic acids is 1. The molecule has 27 heavy (non-hydrogen) atoms.